The van der Waals surface area contributed by atoms with E-state index < -0.39 is 0 Å². The molecule has 2 rings (SSSR count). The van der Waals surface area contributed by atoms with Crippen molar-refractivity contribution in [2.45, 2.75) is 19.8 Å². The molecule has 21 heavy (non-hydrogen) atoms. The molecule has 0 fully saturated rings. The van der Waals surface area contributed by atoms with Gasteiger partial charge in [0.2, 0.25) is 5.91 Å². The van der Waals surface area contributed by atoms with Gasteiger partial charge in [0.1, 0.15) is 11.6 Å². The van der Waals surface area contributed by atoms with Crippen molar-refractivity contribution < 1.29 is 13.6 Å². The van der Waals surface area contributed by atoms with E-state index in [4.69, 9.17) is 0 Å². The van der Waals surface area contributed by atoms with Crippen LogP contribution >= 0.6 is 0 Å². The molecule has 0 aliphatic rings. The second kappa shape index (κ2) is 6.97. The first kappa shape index (κ1) is 15.2. The van der Waals surface area contributed by atoms with Crippen molar-refractivity contribution in [2.75, 3.05) is 11.4 Å². The Balaban J connectivity index is 2.04. The molecule has 0 aliphatic heterocycles. The van der Waals surface area contributed by atoms with E-state index in [1.54, 1.807) is 35.2 Å². The molecule has 0 unspecified atom stereocenters. The summed E-state index contributed by atoms with van der Waals surface area (Å²) in [5, 5.41) is 0. The van der Waals surface area contributed by atoms with Gasteiger partial charge in [-0.1, -0.05) is 18.2 Å². The van der Waals surface area contributed by atoms with Gasteiger partial charge in [0.05, 0.1) is 0 Å². The van der Waals surface area contributed by atoms with Gasteiger partial charge in [-0.15, -0.1) is 0 Å². The molecule has 0 aromatic heterocycles. The maximum absolute atomic E-state index is 13.5. The first-order valence-corrected chi connectivity index (χ1v) is 6.91. The van der Waals surface area contributed by atoms with Gasteiger partial charge in [0.25, 0.3) is 0 Å². The summed E-state index contributed by atoms with van der Waals surface area (Å²) >= 11 is 0. The molecule has 0 saturated heterocycles. The van der Waals surface area contributed by atoms with Crippen molar-refractivity contribution in [2.24, 2.45) is 0 Å². The molecular weight excluding hydrogens is 272 g/mol. The predicted molar refractivity (Wildman–Crippen MR) is 79.1 cm³/mol. The lowest BCUT2D eigenvalue weighted by Crippen LogP contribution is -2.30. The lowest BCUT2D eigenvalue weighted by atomic mass is 10.1. The minimum Gasteiger partial charge on any atom is -0.313 e. The van der Waals surface area contributed by atoms with Gasteiger partial charge in [-0.25, -0.2) is 8.78 Å². The summed E-state index contributed by atoms with van der Waals surface area (Å²) in [4.78, 5) is 13.8. The fourth-order valence-electron chi connectivity index (χ4n) is 2.20. The van der Waals surface area contributed by atoms with Crippen LogP contribution in [0.4, 0.5) is 14.5 Å². The first-order valence-electron chi connectivity index (χ1n) is 6.91. The summed E-state index contributed by atoms with van der Waals surface area (Å²) in [6, 6.07) is 12.2. The number of hydrogen-bond donors (Lipinski definition) is 0. The third-order valence-corrected chi connectivity index (χ3v) is 3.32. The number of halogens is 2. The summed E-state index contributed by atoms with van der Waals surface area (Å²) < 4.78 is 26.4. The molecule has 2 nitrogen and oxygen atoms in total. The Hall–Kier alpha value is -2.23. The highest BCUT2D eigenvalue weighted by atomic mass is 19.1. The fourth-order valence-corrected chi connectivity index (χ4v) is 2.20. The normalized spacial score (nSPS) is 10.4. The lowest BCUT2D eigenvalue weighted by Gasteiger charge is -2.21. The number of rotatable bonds is 5. The molecule has 0 heterocycles. The molecule has 1 amide bonds. The van der Waals surface area contributed by atoms with Crippen molar-refractivity contribution in [1.82, 2.24) is 0 Å². The van der Waals surface area contributed by atoms with Crippen LogP contribution in [-0.4, -0.2) is 12.5 Å². The number of anilines is 1. The number of carbonyl (C=O) groups excluding carboxylic acids is 1. The number of amides is 1. The maximum atomic E-state index is 13.5. The van der Waals surface area contributed by atoms with Crippen LogP contribution in [0.15, 0.2) is 48.5 Å². The Bertz CT molecular complexity index is 610. The van der Waals surface area contributed by atoms with Gasteiger partial charge in [-0.05, 0) is 49.2 Å². The topological polar surface area (TPSA) is 20.3 Å². The summed E-state index contributed by atoms with van der Waals surface area (Å²) in [6.07, 6.45) is 0.565. The van der Waals surface area contributed by atoms with E-state index >= 15 is 0 Å². The van der Waals surface area contributed by atoms with Crippen LogP contribution in [0.5, 0.6) is 0 Å². The van der Waals surface area contributed by atoms with Crippen molar-refractivity contribution in [3.63, 3.8) is 0 Å². The molecule has 2 aromatic rings. The monoisotopic (exact) mass is 289 g/mol. The van der Waals surface area contributed by atoms with E-state index in [0.717, 1.165) is 0 Å². The molecule has 110 valence electrons. The van der Waals surface area contributed by atoms with Gasteiger partial charge in [0, 0.05) is 18.7 Å². The quantitative estimate of drug-likeness (QED) is 0.816. The third-order valence-electron chi connectivity index (χ3n) is 3.32. The maximum Gasteiger partial charge on any atom is 0.227 e. The summed E-state index contributed by atoms with van der Waals surface area (Å²) in [6.45, 7) is 2.34. The number of carbonyl (C=O) groups is 1. The van der Waals surface area contributed by atoms with E-state index in [1.165, 1.54) is 18.2 Å². The van der Waals surface area contributed by atoms with Gasteiger partial charge >= 0.3 is 0 Å². The van der Waals surface area contributed by atoms with Crippen LogP contribution in [0, 0.1) is 11.6 Å². The number of hydrogen-bond acceptors (Lipinski definition) is 1. The number of aryl methyl sites for hydroxylation is 1. The molecule has 0 atom stereocenters. The van der Waals surface area contributed by atoms with E-state index in [9.17, 15) is 13.6 Å². The van der Waals surface area contributed by atoms with Crippen LogP contribution in [0.2, 0.25) is 0 Å². The second-order valence-corrected chi connectivity index (χ2v) is 4.71. The highest BCUT2D eigenvalue weighted by molar-refractivity contribution is 5.93. The molecule has 0 aliphatic carbocycles. The van der Waals surface area contributed by atoms with Crippen molar-refractivity contribution in [3.8, 4) is 0 Å². The average molecular weight is 289 g/mol. The molecular formula is C17H17F2NO. The average Bonchev–Trinajstić information content (AvgIpc) is 2.49. The van der Waals surface area contributed by atoms with E-state index in [0.29, 0.717) is 24.2 Å². The Morgan fingerprint density at radius 2 is 1.71 bits per heavy atom. The Kier molecular flexibility index (Phi) is 5.04. The zero-order valence-corrected chi connectivity index (χ0v) is 11.9. The fraction of sp³-hybridized carbons (Fsp3) is 0.235. The summed E-state index contributed by atoms with van der Waals surface area (Å²) in [7, 11) is 0. The molecule has 0 N–H and O–H groups in total. The van der Waals surface area contributed by atoms with Gasteiger partial charge in [-0.2, -0.15) is 0 Å². The summed E-state index contributed by atoms with van der Waals surface area (Å²) in [5.41, 5.74) is 1.18. The molecule has 0 spiro atoms. The van der Waals surface area contributed by atoms with Crippen LogP contribution in [-0.2, 0) is 11.2 Å². The Morgan fingerprint density at radius 1 is 1.05 bits per heavy atom. The molecule has 0 bridgehead atoms. The minimum atomic E-state index is -0.339. The Morgan fingerprint density at radius 3 is 2.33 bits per heavy atom. The Labute approximate surface area is 123 Å². The van der Waals surface area contributed by atoms with Crippen LogP contribution in [0.1, 0.15) is 18.9 Å². The van der Waals surface area contributed by atoms with E-state index in [2.05, 4.69) is 0 Å². The third kappa shape index (κ3) is 3.88. The van der Waals surface area contributed by atoms with Crippen LogP contribution in [0.3, 0.4) is 0 Å². The van der Waals surface area contributed by atoms with Crippen molar-refractivity contribution >= 4 is 11.6 Å². The predicted octanol–water partition coefficient (Wildman–Crippen LogP) is 3.95. The van der Waals surface area contributed by atoms with Crippen LogP contribution in [0.25, 0.3) is 0 Å². The zero-order chi connectivity index (χ0) is 15.2. The molecule has 0 saturated carbocycles. The number of nitrogens with zero attached hydrogens (tertiary/aromatic N) is 1. The van der Waals surface area contributed by atoms with E-state index in [-0.39, 0.29) is 24.0 Å². The van der Waals surface area contributed by atoms with Crippen LogP contribution < -0.4 is 4.90 Å². The van der Waals surface area contributed by atoms with Gasteiger partial charge < -0.3 is 4.90 Å². The highest BCUT2D eigenvalue weighted by Crippen LogP contribution is 2.17. The zero-order valence-electron chi connectivity index (χ0n) is 11.9. The SMILES string of the molecule is CCN(C(=O)CCc1ccccc1F)c1ccc(F)cc1. The minimum absolute atomic E-state index is 0.104. The smallest absolute Gasteiger partial charge is 0.227 e. The van der Waals surface area contributed by atoms with Gasteiger partial charge in [-0.3, -0.25) is 4.79 Å². The first-order chi connectivity index (χ1) is 10.1. The van der Waals surface area contributed by atoms with Gasteiger partial charge in [0.15, 0.2) is 0 Å². The molecule has 4 heteroatoms. The largest absolute Gasteiger partial charge is 0.313 e. The van der Waals surface area contributed by atoms with E-state index in [1.807, 2.05) is 6.92 Å². The van der Waals surface area contributed by atoms with Crippen molar-refractivity contribution in [3.05, 3.63) is 65.7 Å². The highest BCUT2D eigenvalue weighted by Gasteiger charge is 2.14. The second-order valence-electron chi connectivity index (χ2n) is 4.71. The molecule has 0 radical (unpaired) electrons. The number of benzene rings is 2. The van der Waals surface area contributed by atoms with Crippen molar-refractivity contribution in [1.29, 1.82) is 0 Å². The summed E-state index contributed by atoms with van der Waals surface area (Å²) in [5.74, 6) is -0.740. The molecule has 2 aromatic carbocycles. The standard InChI is InChI=1S/C17H17F2NO/c1-2-20(15-10-8-14(18)9-11-15)17(21)12-7-13-5-3-4-6-16(13)19/h3-6,8-11H,2,7,12H2,1H3. The lowest BCUT2D eigenvalue weighted by molar-refractivity contribution is -0.118.